The molecular weight excluding hydrogens is 462 g/mol. The largest absolute Gasteiger partial charge is 0.493 e. The predicted molar refractivity (Wildman–Crippen MR) is 135 cm³/mol. The molecule has 0 radical (unpaired) electrons. The minimum atomic E-state index is -0.414. The molecule has 2 aliphatic heterocycles. The Hall–Kier alpha value is -3.72. The van der Waals surface area contributed by atoms with Crippen molar-refractivity contribution in [3.8, 4) is 5.75 Å². The van der Waals surface area contributed by atoms with Crippen molar-refractivity contribution < 1.29 is 14.3 Å². The number of hydrogen-bond acceptors (Lipinski definition) is 6. The summed E-state index contributed by atoms with van der Waals surface area (Å²) in [6.45, 7) is 4.62. The summed E-state index contributed by atoms with van der Waals surface area (Å²) in [5.74, 6) is 0.637. The van der Waals surface area contributed by atoms with Crippen LogP contribution in [0.15, 0.2) is 66.0 Å². The van der Waals surface area contributed by atoms with Crippen LogP contribution < -0.4 is 10.1 Å². The van der Waals surface area contributed by atoms with E-state index in [1.165, 1.54) is 5.56 Å². The van der Waals surface area contributed by atoms with Gasteiger partial charge in [0, 0.05) is 47.5 Å². The predicted octanol–water partition coefficient (Wildman–Crippen LogP) is 3.65. The minimum Gasteiger partial charge on any atom is -0.493 e. The Morgan fingerprint density at radius 3 is 2.83 bits per heavy atom. The minimum absolute atomic E-state index is 0.0389. The maximum absolute atomic E-state index is 12.9. The van der Waals surface area contributed by atoms with E-state index in [-0.39, 0.29) is 22.6 Å². The number of nitrogens with zero attached hydrogens (tertiary/aromatic N) is 4. The highest BCUT2D eigenvalue weighted by Crippen LogP contribution is 2.36. The smallest absolute Gasteiger partial charge is 0.248 e. The summed E-state index contributed by atoms with van der Waals surface area (Å²) < 4.78 is 9.71. The molecule has 1 unspecified atom stereocenters. The molecule has 1 amide bonds. The van der Waals surface area contributed by atoms with Gasteiger partial charge in [0.25, 0.3) is 0 Å². The van der Waals surface area contributed by atoms with E-state index in [1.807, 2.05) is 30.1 Å². The molecule has 3 aromatic rings. The zero-order chi connectivity index (χ0) is 24.4. The third-order valence-electron chi connectivity index (χ3n) is 6.23. The van der Waals surface area contributed by atoms with E-state index in [9.17, 15) is 9.59 Å². The van der Waals surface area contributed by atoms with Crippen molar-refractivity contribution in [2.45, 2.75) is 43.7 Å². The Labute approximate surface area is 206 Å². The van der Waals surface area contributed by atoms with Crippen LogP contribution in [0.5, 0.6) is 5.75 Å². The quantitative estimate of drug-likeness (QED) is 0.420. The molecule has 0 saturated heterocycles. The molecular formula is C26H27N5O3S. The van der Waals surface area contributed by atoms with Gasteiger partial charge in [0.15, 0.2) is 0 Å². The van der Waals surface area contributed by atoms with Gasteiger partial charge in [-0.2, -0.15) is 0 Å². The molecule has 180 valence electrons. The lowest BCUT2D eigenvalue weighted by Gasteiger charge is -2.34. The second-order valence-corrected chi connectivity index (χ2v) is 10.5. The molecule has 0 bridgehead atoms. The number of carbonyl (C=O) groups is 2. The third kappa shape index (κ3) is 4.64. The van der Waals surface area contributed by atoms with Crippen molar-refractivity contribution in [3.63, 3.8) is 0 Å². The van der Waals surface area contributed by atoms with Crippen LogP contribution in [0.3, 0.4) is 0 Å². The maximum atomic E-state index is 12.9. The Morgan fingerprint density at radius 2 is 2.06 bits per heavy atom. The highest BCUT2D eigenvalue weighted by atomic mass is 32.2. The molecule has 0 aliphatic carbocycles. The van der Waals surface area contributed by atoms with Crippen molar-refractivity contribution in [1.29, 1.82) is 0 Å². The van der Waals surface area contributed by atoms with E-state index >= 15 is 0 Å². The molecule has 1 N–H and O–H groups in total. The summed E-state index contributed by atoms with van der Waals surface area (Å²) in [5.41, 5.74) is 3.49. The molecule has 3 atom stereocenters. The maximum Gasteiger partial charge on any atom is 0.248 e. The van der Waals surface area contributed by atoms with E-state index < -0.39 is 6.04 Å². The summed E-state index contributed by atoms with van der Waals surface area (Å²) in [6.07, 6.45) is 7.54. The fraction of sp³-hybridized carbons (Fsp3) is 0.269. The fourth-order valence-corrected chi connectivity index (χ4v) is 6.25. The Morgan fingerprint density at radius 1 is 1.23 bits per heavy atom. The van der Waals surface area contributed by atoms with Crippen LogP contribution in [0.4, 0.5) is 0 Å². The van der Waals surface area contributed by atoms with Gasteiger partial charge in [-0.3, -0.25) is 9.59 Å². The summed E-state index contributed by atoms with van der Waals surface area (Å²) in [5, 5.41) is 13.8. The lowest BCUT2D eigenvalue weighted by atomic mass is 9.99. The molecule has 2 aromatic carbocycles. The van der Waals surface area contributed by atoms with Gasteiger partial charge in [0.1, 0.15) is 18.1 Å². The summed E-state index contributed by atoms with van der Waals surface area (Å²) in [7, 11) is -0.384. The average molecular weight is 490 g/mol. The van der Waals surface area contributed by atoms with E-state index in [4.69, 9.17) is 4.74 Å². The van der Waals surface area contributed by atoms with Gasteiger partial charge in [-0.1, -0.05) is 45.7 Å². The molecule has 1 aromatic heterocycles. The Balaban J connectivity index is 1.40. The van der Waals surface area contributed by atoms with Crippen molar-refractivity contribution in [3.05, 3.63) is 83.4 Å². The van der Waals surface area contributed by atoms with Crippen LogP contribution in [-0.4, -0.2) is 49.5 Å². The van der Waals surface area contributed by atoms with Crippen molar-refractivity contribution in [2.24, 2.45) is 0 Å². The zero-order valence-corrected chi connectivity index (χ0v) is 20.4. The van der Waals surface area contributed by atoms with E-state index in [2.05, 4.69) is 56.5 Å². The van der Waals surface area contributed by atoms with Gasteiger partial charge in [-0.05, 0) is 37.4 Å². The second kappa shape index (κ2) is 9.87. The average Bonchev–Trinajstić information content (AvgIpc) is 3.35. The standard InChI is InChI=1S/C26H27N5O3S/c1-3-35(21-7-4-18(2)5-8-21)31-12-11-27-26(33)24(31)15-20-16-30(29-28-20)23-10-13-34-25-14-19(17-32)6-9-22(23)25/h3-9,11-12,14,16-17,23-24H,10,13,15H2,1-2H3,(H,27,33)/t23-,24-,35?/m1/s1. The molecule has 3 heterocycles. The normalized spacial score (nSPS) is 20.2. The number of benzene rings is 2. The molecule has 0 spiro atoms. The first-order valence-electron chi connectivity index (χ1n) is 11.5. The number of aldehydes is 1. The molecule has 5 rings (SSSR count). The van der Waals surface area contributed by atoms with Crippen molar-refractivity contribution in [2.75, 3.05) is 6.61 Å². The molecule has 0 saturated carbocycles. The van der Waals surface area contributed by atoms with Crippen LogP contribution in [0.2, 0.25) is 0 Å². The highest BCUT2D eigenvalue weighted by Gasteiger charge is 2.31. The topological polar surface area (TPSA) is 89.4 Å². The number of aromatic nitrogens is 3. The number of fused-ring (bicyclic) bond motifs is 1. The van der Waals surface area contributed by atoms with Gasteiger partial charge in [-0.25, -0.2) is 4.68 Å². The summed E-state index contributed by atoms with van der Waals surface area (Å²) >= 11 is 0. The van der Waals surface area contributed by atoms with Crippen molar-refractivity contribution >= 4 is 28.2 Å². The Kier molecular flexibility index (Phi) is 6.50. The number of ether oxygens (including phenoxy) is 1. The number of rotatable bonds is 6. The number of hydrogen-bond donors (Lipinski definition) is 1. The van der Waals surface area contributed by atoms with Gasteiger partial charge in [-0.15, -0.1) is 5.10 Å². The van der Waals surface area contributed by atoms with Crippen LogP contribution in [-0.2, 0) is 11.2 Å². The van der Waals surface area contributed by atoms with E-state index in [0.717, 1.165) is 28.9 Å². The first-order chi connectivity index (χ1) is 17.1. The third-order valence-corrected chi connectivity index (χ3v) is 8.26. The highest BCUT2D eigenvalue weighted by molar-refractivity contribution is 8.13. The van der Waals surface area contributed by atoms with Gasteiger partial charge < -0.3 is 14.4 Å². The van der Waals surface area contributed by atoms with Crippen LogP contribution in [0.25, 0.3) is 0 Å². The van der Waals surface area contributed by atoms with Crippen LogP contribution in [0, 0.1) is 6.92 Å². The monoisotopic (exact) mass is 489 g/mol. The van der Waals surface area contributed by atoms with Crippen LogP contribution in [0.1, 0.15) is 46.6 Å². The van der Waals surface area contributed by atoms with Gasteiger partial charge in [0.2, 0.25) is 5.91 Å². The lowest BCUT2D eigenvalue weighted by Crippen LogP contribution is -2.45. The fourth-order valence-electron chi connectivity index (χ4n) is 4.44. The van der Waals surface area contributed by atoms with Crippen molar-refractivity contribution in [1.82, 2.24) is 24.6 Å². The molecule has 8 nitrogen and oxygen atoms in total. The lowest BCUT2D eigenvalue weighted by molar-refractivity contribution is -0.123. The molecule has 35 heavy (non-hydrogen) atoms. The number of amides is 1. The summed E-state index contributed by atoms with van der Waals surface area (Å²) in [6, 6.07) is 13.4. The molecule has 0 fully saturated rings. The number of aryl methyl sites for hydroxylation is 1. The number of nitrogens with one attached hydrogen (secondary N) is 1. The van der Waals surface area contributed by atoms with Crippen LogP contribution >= 0.6 is 10.7 Å². The van der Waals surface area contributed by atoms with Gasteiger partial charge in [0.05, 0.1) is 18.3 Å². The Bertz CT molecular complexity index is 1310. The second-order valence-electron chi connectivity index (χ2n) is 8.53. The first-order valence-corrected chi connectivity index (χ1v) is 12.8. The van der Waals surface area contributed by atoms with E-state index in [0.29, 0.717) is 24.3 Å². The van der Waals surface area contributed by atoms with E-state index in [1.54, 1.807) is 18.3 Å². The number of carbonyl (C=O) groups excluding carboxylic acids is 2. The zero-order valence-electron chi connectivity index (χ0n) is 19.6. The first kappa shape index (κ1) is 23.0. The SMILES string of the molecule is C/C=S(\c1ccc(C)cc1)N1C=CNC(=O)[C@H]1Cc1cn([C@@H]2CCOc3cc(C=O)ccc32)nn1. The molecule has 9 heteroatoms. The van der Waals surface area contributed by atoms with Gasteiger partial charge >= 0.3 is 0 Å². The molecule has 2 aliphatic rings. The summed E-state index contributed by atoms with van der Waals surface area (Å²) in [4.78, 5) is 25.2.